The minimum atomic E-state index is -3.45. The summed E-state index contributed by atoms with van der Waals surface area (Å²) in [5.74, 6) is -2.44. The Labute approximate surface area is 189 Å². The van der Waals surface area contributed by atoms with Crippen molar-refractivity contribution in [2.45, 2.75) is 35.7 Å². The maximum absolute atomic E-state index is 13.1. The molecule has 1 aliphatic heterocycles. The summed E-state index contributed by atoms with van der Waals surface area (Å²) in [6.07, 6.45) is 1.85. The summed E-state index contributed by atoms with van der Waals surface area (Å²) in [5.41, 5.74) is 0.761. The molecule has 2 atom stereocenters. The van der Waals surface area contributed by atoms with E-state index in [4.69, 9.17) is 23.2 Å². The lowest BCUT2D eigenvalue weighted by atomic mass is 9.97. The fourth-order valence-corrected chi connectivity index (χ4v) is 5.54. The summed E-state index contributed by atoms with van der Waals surface area (Å²) in [7, 11) is -3.45. The van der Waals surface area contributed by atoms with Gasteiger partial charge in [0.2, 0.25) is 0 Å². The molecule has 1 aliphatic carbocycles. The van der Waals surface area contributed by atoms with E-state index in [1.165, 1.54) is 12.1 Å². The lowest BCUT2D eigenvalue weighted by Gasteiger charge is -2.22. The van der Waals surface area contributed by atoms with Crippen LogP contribution in [-0.2, 0) is 27.6 Å². The Bertz CT molecular complexity index is 1210. The number of carboxylic acids is 1. The van der Waals surface area contributed by atoms with Gasteiger partial charge in [0.25, 0.3) is 5.91 Å². The van der Waals surface area contributed by atoms with Crippen LogP contribution in [0.2, 0.25) is 10.0 Å². The SMILES string of the molecule is CS(=O)(=O)c1cccc([C@@H]2CC2(NC(=O)c2c(Cl)cc3c(c2Cl)CCNC3)C(=O)O)c1. The van der Waals surface area contributed by atoms with Gasteiger partial charge in [0.05, 0.1) is 20.5 Å². The van der Waals surface area contributed by atoms with Gasteiger partial charge in [-0.3, -0.25) is 4.79 Å². The molecule has 2 aromatic carbocycles. The number of sulfone groups is 1. The van der Waals surface area contributed by atoms with Crippen molar-refractivity contribution < 1.29 is 23.1 Å². The topological polar surface area (TPSA) is 113 Å². The molecule has 4 rings (SSSR count). The zero-order valence-corrected chi connectivity index (χ0v) is 18.9. The normalized spacial score (nSPS) is 22.5. The molecule has 2 aliphatic rings. The molecule has 10 heteroatoms. The number of halogens is 2. The van der Waals surface area contributed by atoms with Crippen LogP contribution in [0.4, 0.5) is 0 Å². The van der Waals surface area contributed by atoms with Crippen LogP contribution in [0.3, 0.4) is 0 Å². The second-order valence-electron chi connectivity index (χ2n) is 7.94. The molecule has 1 unspecified atom stereocenters. The number of nitrogens with one attached hydrogen (secondary N) is 2. The van der Waals surface area contributed by atoms with E-state index in [9.17, 15) is 23.1 Å². The van der Waals surface area contributed by atoms with Crippen LogP contribution >= 0.6 is 23.2 Å². The van der Waals surface area contributed by atoms with E-state index >= 15 is 0 Å². The van der Waals surface area contributed by atoms with E-state index in [1.54, 1.807) is 18.2 Å². The van der Waals surface area contributed by atoms with Crippen molar-refractivity contribution in [3.63, 3.8) is 0 Å². The van der Waals surface area contributed by atoms with Crippen molar-refractivity contribution in [3.05, 3.63) is 62.6 Å². The van der Waals surface area contributed by atoms with E-state index in [-0.39, 0.29) is 26.9 Å². The molecule has 1 fully saturated rings. The predicted octanol–water partition coefficient (Wildman–Crippen LogP) is 2.78. The molecule has 0 saturated heterocycles. The Morgan fingerprint density at radius 3 is 2.68 bits per heavy atom. The van der Waals surface area contributed by atoms with Gasteiger partial charge in [-0.15, -0.1) is 0 Å². The maximum atomic E-state index is 13.1. The monoisotopic (exact) mass is 482 g/mol. The predicted molar refractivity (Wildman–Crippen MR) is 117 cm³/mol. The van der Waals surface area contributed by atoms with E-state index in [0.717, 1.165) is 17.4 Å². The minimum Gasteiger partial charge on any atom is -0.479 e. The number of carbonyl (C=O) groups excluding carboxylic acids is 1. The standard InChI is InChI=1S/C21H20Cl2N2O5S/c1-31(29,30)13-4-2-3-11(7-13)15-9-21(15,20(27)28)25-19(26)17-16(22)8-12-10-24-6-5-14(12)18(17)23/h2-4,7-8,15,24H,5-6,9-10H2,1H3,(H,25,26)(H,27,28)/t15-,21?/m0/s1. The molecule has 7 nitrogen and oxygen atoms in total. The van der Waals surface area contributed by atoms with Gasteiger partial charge in [-0.05, 0) is 54.3 Å². The van der Waals surface area contributed by atoms with Crippen molar-refractivity contribution in [3.8, 4) is 0 Å². The number of aliphatic carboxylic acids is 1. The van der Waals surface area contributed by atoms with E-state index < -0.39 is 33.2 Å². The maximum Gasteiger partial charge on any atom is 0.330 e. The quantitative estimate of drug-likeness (QED) is 0.603. The summed E-state index contributed by atoms with van der Waals surface area (Å²) >= 11 is 12.8. The number of amides is 1. The van der Waals surface area contributed by atoms with Crippen molar-refractivity contribution in [2.75, 3.05) is 12.8 Å². The summed E-state index contributed by atoms with van der Waals surface area (Å²) in [6, 6.07) is 7.79. The zero-order chi connectivity index (χ0) is 22.6. The highest BCUT2D eigenvalue weighted by Gasteiger charge is 2.62. The number of benzene rings is 2. The molecular weight excluding hydrogens is 463 g/mol. The highest BCUT2D eigenvalue weighted by atomic mass is 35.5. The first kappa shape index (κ1) is 22.1. The van der Waals surface area contributed by atoms with Gasteiger partial charge < -0.3 is 15.7 Å². The van der Waals surface area contributed by atoms with Crippen molar-refractivity contribution in [1.82, 2.24) is 10.6 Å². The van der Waals surface area contributed by atoms with Crippen LogP contribution in [0.15, 0.2) is 35.2 Å². The fraction of sp³-hybridized carbons (Fsp3) is 0.333. The Hall–Kier alpha value is -2.13. The minimum absolute atomic E-state index is 0.0557. The molecule has 3 N–H and O–H groups in total. The van der Waals surface area contributed by atoms with Crippen LogP contribution < -0.4 is 10.6 Å². The highest BCUT2D eigenvalue weighted by Crippen LogP contribution is 2.52. The Morgan fingerprint density at radius 1 is 1.26 bits per heavy atom. The van der Waals surface area contributed by atoms with Crippen LogP contribution in [0.1, 0.15) is 39.4 Å². The number of carboxylic acid groups (broad SMARTS) is 1. The second-order valence-corrected chi connectivity index (χ2v) is 10.7. The first-order valence-corrected chi connectivity index (χ1v) is 12.3. The zero-order valence-electron chi connectivity index (χ0n) is 16.5. The smallest absolute Gasteiger partial charge is 0.330 e. The Kier molecular flexibility index (Phi) is 5.54. The highest BCUT2D eigenvalue weighted by molar-refractivity contribution is 7.90. The third kappa shape index (κ3) is 3.93. The molecule has 1 saturated carbocycles. The van der Waals surface area contributed by atoms with E-state index in [1.807, 2.05) is 0 Å². The average molecular weight is 483 g/mol. The molecule has 164 valence electrons. The van der Waals surface area contributed by atoms with E-state index in [2.05, 4.69) is 10.6 Å². The molecule has 0 aromatic heterocycles. The van der Waals surface area contributed by atoms with Crippen molar-refractivity contribution >= 4 is 44.9 Å². The van der Waals surface area contributed by atoms with Gasteiger partial charge in [-0.2, -0.15) is 0 Å². The summed E-state index contributed by atoms with van der Waals surface area (Å²) in [6.45, 7) is 1.31. The fourth-order valence-electron chi connectivity index (χ4n) is 4.10. The largest absolute Gasteiger partial charge is 0.479 e. The Balaban J connectivity index is 1.66. The number of carbonyl (C=O) groups is 2. The number of hydrogen-bond acceptors (Lipinski definition) is 5. The lowest BCUT2D eigenvalue weighted by Crippen LogP contribution is -2.45. The van der Waals surface area contributed by atoms with Crippen LogP contribution in [0.5, 0.6) is 0 Å². The molecule has 0 radical (unpaired) electrons. The number of rotatable bonds is 5. The first-order chi connectivity index (χ1) is 14.5. The Morgan fingerprint density at radius 2 is 2.00 bits per heavy atom. The summed E-state index contributed by atoms with van der Waals surface area (Å²) in [5, 5.41) is 16.1. The first-order valence-electron chi connectivity index (χ1n) is 9.61. The van der Waals surface area contributed by atoms with Crippen LogP contribution in [0, 0.1) is 0 Å². The van der Waals surface area contributed by atoms with Gasteiger partial charge in [-0.1, -0.05) is 35.3 Å². The van der Waals surface area contributed by atoms with Crippen molar-refractivity contribution in [1.29, 1.82) is 0 Å². The van der Waals surface area contributed by atoms with Crippen LogP contribution in [-0.4, -0.2) is 43.7 Å². The van der Waals surface area contributed by atoms with Gasteiger partial charge in [0.15, 0.2) is 9.84 Å². The number of hydrogen-bond donors (Lipinski definition) is 3. The lowest BCUT2D eigenvalue weighted by molar-refractivity contribution is -0.140. The second kappa shape index (κ2) is 7.78. The molecule has 31 heavy (non-hydrogen) atoms. The average Bonchev–Trinajstić information content (AvgIpc) is 3.43. The van der Waals surface area contributed by atoms with Crippen molar-refractivity contribution in [2.24, 2.45) is 0 Å². The molecule has 0 bridgehead atoms. The van der Waals surface area contributed by atoms with Gasteiger partial charge in [0, 0.05) is 18.7 Å². The van der Waals surface area contributed by atoms with Crippen LogP contribution in [0.25, 0.3) is 0 Å². The van der Waals surface area contributed by atoms with Gasteiger partial charge in [0.1, 0.15) is 5.54 Å². The third-order valence-electron chi connectivity index (χ3n) is 5.87. The van der Waals surface area contributed by atoms with E-state index in [0.29, 0.717) is 25.1 Å². The summed E-state index contributed by atoms with van der Waals surface area (Å²) < 4.78 is 23.7. The third-order valence-corrected chi connectivity index (χ3v) is 7.70. The van der Waals surface area contributed by atoms with Gasteiger partial charge in [-0.25, -0.2) is 13.2 Å². The van der Waals surface area contributed by atoms with Gasteiger partial charge >= 0.3 is 5.97 Å². The molecule has 1 amide bonds. The molecular formula is C21H20Cl2N2O5S. The molecule has 2 aromatic rings. The summed E-state index contributed by atoms with van der Waals surface area (Å²) in [4.78, 5) is 25.3. The molecule has 1 heterocycles. The number of fused-ring (bicyclic) bond motifs is 1. The molecule has 0 spiro atoms.